The molecule has 0 fully saturated rings. The van der Waals surface area contributed by atoms with Gasteiger partial charge in [0.1, 0.15) is 0 Å². The van der Waals surface area contributed by atoms with Gasteiger partial charge in [-0.15, -0.1) is 11.8 Å². The summed E-state index contributed by atoms with van der Waals surface area (Å²) in [6.07, 6.45) is 0. The Labute approximate surface area is 80.5 Å². The van der Waals surface area contributed by atoms with E-state index in [-0.39, 0.29) is 30.1 Å². The van der Waals surface area contributed by atoms with E-state index in [2.05, 4.69) is 5.32 Å². The number of rotatable bonds is 6. The number of thioether (sulfide) groups is 1. The van der Waals surface area contributed by atoms with E-state index in [4.69, 9.17) is 10.2 Å². The van der Waals surface area contributed by atoms with Crippen LogP contribution in [0.1, 0.15) is 6.92 Å². The monoisotopic (exact) mass is 207 g/mol. The van der Waals surface area contributed by atoms with Crippen molar-refractivity contribution in [2.75, 3.05) is 18.1 Å². The highest BCUT2D eigenvalue weighted by Gasteiger charge is 2.06. The van der Waals surface area contributed by atoms with Gasteiger partial charge in [0, 0.05) is 6.04 Å². The Morgan fingerprint density at radius 3 is 2.54 bits per heavy atom. The van der Waals surface area contributed by atoms with Crippen LogP contribution in [-0.2, 0) is 9.59 Å². The molecule has 3 N–H and O–H groups in total. The zero-order valence-corrected chi connectivity index (χ0v) is 8.13. The SMILES string of the molecule is C[C@H](CO)NC(=O)CSCC(=O)O. The maximum absolute atomic E-state index is 11.0. The molecule has 0 aliphatic heterocycles. The second kappa shape index (κ2) is 6.73. The fourth-order valence-electron chi connectivity index (χ4n) is 0.593. The van der Waals surface area contributed by atoms with Crippen LogP contribution in [-0.4, -0.2) is 46.2 Å². The highest BCUT2D eigenvalue weighted by Crippen LogP contribution is 1.98. The van der Waals surface area contributed by atoms with Gasteiger partial charge in [0.15, 0.2) is 0 Å². The van der Waals surface area contributed by atoms with E-state index < -0.39 is 5.97 Å². The molecule has 0 bridgehead atoms. The second-order valence-electron chi connectivity index (χ2n) is 2.54. The van der Waals surface area contributed by atoms with Crippen LogP contribution in [0, 0.1) is 0 Å². The third kappa shape index (κ3) is 7.61. The molecule has 5 nitrogen and oxygen atoms in total. The van der Waals surface area contributed by atoms with Crippen molar-refractivity contribution in [1.82, 2.24) is 5.32 Å². The average molecular weight is 207 g/mol. The molecule has 0 saturated carbocycles. The van der Waals surface area contributed by atoms with Crippen molar-refractivity contribution in [1.29, 1.82) is 0 Å². The van der Waals surface area contributed by atoms with Crippen molar-refractivity contribution in [3.05, 3.63) is 0 Å². The summed E-state index contributed by atoms with van der Waals surface area (Å²) >= 11 is 1.03. The van der Waals surface area contributed by atoms with Gasteiger partial charge in [0.2, 0.25) is 5.91 Å². The van der Waals surface area contributed by atoms with Gasteiger partial charge >= 0.3 is 5.97 Å². The molecule has 0 aliphatic rings. The number of carboxylic acid groups (broad SMARTS) is 1. The number of carboxylic acids is 1. The number of nitrogens with one attached hydrogen (secondary N) is 1. The van der Waals surface area contributed by atoms with Crippen molar-refractivity contribution >= 4 is 23.6 Å². The Balaban J connectivity index is 3.46. The van der Waals surface area contributed by atoms with E-state index in [1.165, 1.54) is 0 Å². The van der Waals surface area contributed by atoms with E-state index in [0.29, 0.717) is 0 Å². The van der Waals surface area contributed by atoms with Gasteiger partial charge < -0.3 is 15.5 Å². The van der Waals surface area contributed by atoms with Crippen LogP contribution in [0.5, 0.6) is 0 Å². The molecule has 0 radical (unpaired) electrons. The third-order valence-electron chi connectivity index (χ3n) is 1.14. The standard InChI is InChI=1S/C7H13NO4S/c1-5(2-9)8-6(10)3-13-4-7(11)12/h5,9H,2-4H2,1H3,(H,8,10)(H,11,12)/t5-/m1/s1. The molecule has 1 atom stereocenters. The highest BCUT2D eigenvalue weighted by molar-refractivity contribution is 8.00. The lowest BCUT2D eigenvalue weighted by atomic mass is 10.4. The first-order valence-electron chi connectivity index (χ1n) is 3.76. The fraction of sp³-hybridized carbons (Fsp3) is 0.714. The topological polar surface area (TPSA) is 86.6 Å². The summed E-state index contributed by atoms with van der Waals surface area (Å²) in [6, 6.07) is -0.280. The lowest BCUT2D eigenvalue weighted by Crippen LogP contribution is -2.36. The number of aliphatic carboxylic acids is 1. The molecule has 0 aromatic rings. The summed E-state index contributed by atoms with van der Waals surface area (Å²) in [7, 11) is 0. The third-order valence-corrected chi connectivity index (χ3v) is 2.06. The minimum Gasteiger partial charge on any atom is -0.481 e. The normalized spacial score (nSPS) is 12.2. The maximum atomic E-state index is 11.0. The number of aliphatic hydroxyl groups excluding tert-OH is 1. The Morgan fingerprint density at radius 2 is 2.08 bits per heavy atom. The van der Waals surface area contributed by atoms with Crippen molar-refractivity contribution < 1.29 is 19.8 Å². The van der Waals surface area contributed by atoms with Crippen LogP contribution in [0.15, 0.2) is 0 Å². The number of aliphatic hydroxyl groups is 1. The van der Waals surface area contributed by atoms with Gasteiger partial charge in [-0.1, -0.05) is 0 Å². The quantitative estimate of drug-likeness (QED) is 0.536. The summed E-state index contributed by atoms with van der Waals surface area (Å²) < 4.78 is 0. The molecular formula is C7H13NO4S. The molecule has 13 heavy (non-hydrogen) atoms. The van der Waals surface area contributed by atoms with Gasteiger partial charge in [-0.3, -0.25) is 9.59 Å². The number of hydrogen-bond acceptors (Lipinski definition) is 4. The molecule has 0 heterocycles. The van der Waals surface area contributed by atoms with E-state index in [1.54, 1.807) is 6.92 Å². The molecule has 1 amide bonds. The lowest BCUT2D eigenvalue weighted by Gasteiger charge is -2.09. The average Bonchev–Trinajstić information content (AvgIpc) is 2.03. The minimum absolute atomic E-state index is 0.0824. The smallest absolute Gasteiger partial charge is 0.313 e. The van der Waals surface area contributed by atoms with Crippen LogP contribution in [0.4, 0.5) is 0 Å². The second-order valence-corrected chi connectivity index (χ2v) is 3.52. The van der Waals surface area contributed by atoms with E-state index in [1.807, 2.05) is 0 Å². The molecule has 0 aromatic heterocycles. The Kier molecular flexibility index (Phi) is 6.34. The van der Waals surface area contributed by atoms with Gasteiger partial charge in [0.05, 0.1) is 18.1 Å². The molecule has 0 saturated heterocycles. The summed E-state index contributed by atoms with van der Waals surface area (Å²) in [5.41, 5.74) is 0. The predicted octanol–water partition coefficient (Wildman–Crippen LogP) is -0.699. The maximum Gasteiger partial charge on any atom is 0.313 e. The van der Waals surface area contributed by atoms with Crippen LogP contribution in [0.3, 0.4) is 0 Å². The number of carbonyl (C=O) groups excluding carboxylic acids is 1. The fourth-order valence-corrected chi connectivity index (χ4v) is 1.14. The highest BCUT2D eigenvalue weighted by atomic mass is 32.2. The van der Waals surface area contributed by atoms with E-state index in [0.717, 1.165) is 11.8 Å². The molecule has 6 heteroatoms. The summed E-state index contributed by atoms with van der Waals surface area (Å²) in [5.74, 6) is -1.17. The molecular weight excluding hydrogens is 194 g/mol. The summed E-state index contributed by atoms with van der Waals surface area (Å²) in [6.45, 7) is 1.55. The molecule has 0 aliphatic carbocycles. The van der Waals surface area contributed by atoms with Gasteiger partial charge in [-0.2, -0.15) is 0 Å². The largest absolute Gasteiger partial charge is 0.481 e. The molecule has 0 aromatic carbocycles. The predicted molar refractivity (Wildman–Crippen MR) is 49.7 cm³/mol. The van der Waals surface area contributed by atoms with Crippen molar-refractivity contribution in [3.8, 4) is 0 Å². The first kappa shape index (κ1) is 12.2. The molecule has 0 unspecified atom stereocenters. The van der Waals surface area contributed by atoms with Crippen LogP contribution in [0.25, 0.3) is 0 Å². The van der Waals surface area contributed by atoms with Gasteiger partial charge in [-0.05, 0) is 6.92 Å². The van der Waals surface area contributed by atoms with Gasteiger partial charge in [0.25, 0.3) is 0 Å². The van der Waals surface area contributed by atoms with Crippen molar-refractivity contribution in [2.45, 2.75) is 13.0 Å². The van der Waals surface area contributed by atoms with Crippen LogP contribution >= 0.6 is 11.8 Å². The molecule has 0 spiro atoms. The van der Waals surface area contributed by atoms with Crippen LogP contribution in [0.2, 0.25) is 0 Å². The van der Waals surface area contributed by atoms with Crippen LogP contribution < -0.4 is 5.32 Å². The zero-order valence-electron chi connectivity index (χ0n) is 7.32. The van der Waals surface area contributed by atoms with E-state index >= 15 is 0 Å². The van der Waals surface area contributed by atoms with Gasteiger partial charge in [-0.25, -0.2) is 0 Å². The Hall–Kier alpha value is -0.750. The first-order valence-corrected chi connectivity index (χ1v) is 4.91. The Morgan fingerprint density at radius 1 is 1.46 bits per heavy atom. The first-order chi connectivity index (χ1) is 6.06. The minimum atomic E-state index is -0.937. The zero-order chi connectivity index (χ0) is 10.3. The lowest BCUT2D eigenvalue weighted by molar-refractivity contribution is -0.133. The Bertz CT molecular complexity index is 185. The van der Waals surface area contributed by atoms with Crippen molar-refractivity contribution in [3.63, 3.8) is 0 Å². The number of amides is 1. The summed E-state index contributed by atoms with van der Waals surface area (Å²) in [5, 5.41) is 19.3. The molecule has 0 rings (SSSR count). The van der Waals surface area contributed by atoms with Crippen molar-refractivity contribution in [2.24, 2.45) is 0 Å². The van der Waals surface area contributed by atoms with E-state index in [9.17, 15) is 9.59 Å². The number of carbonyl (C=O) groups is 2. The summed E-state index contributed by atoms with van der Waals surface area (Å²) in [4.78, 5) is 21.0. The molecule has 76 valence electrons. The number of hydrogen-bond donors (Lipinski definition) is 3.